The van der Waals surface area contributed by atoms with Crippen LogP contribution in [-0.4, -0.2) is 12.6 Å². The normalized spacial score (nSPS) is 12.6. The molecule has 0 spiro atoms. The van der Waals surface area contributed by atoms with Crippen molar-refractivity contribution in [3.05, 3.63) is 56.2 Å². The van der Waals surface area contributed by atoms with Gasteiger partial charge < -0.3 is 5.32 Å². The zero-order valence-corrected chi connectivity index (χ0v) is 14.2. The van der Waals surface area contributed by atoms with Gasteiger partial charge in [0.25, 0.3) is 0 Å². The molecule has 1 unspecified atom stereocenters. The molecule has 0 radical (unpaired) electrons. The van der Waals surface area contributed by atoms with Crippen LogP contribution in [0.1, 0.15) is 23.8 Å². The van der Waals surface area contributed by atoms with E-state index in [9.17, 15) is 8.78 Å². The molecule has 114 valence electrons. The lowest BCUT2D eigenvalue weighted by Crippen LogP contribution is -2.34. The number of halogens is 3. The summed E-state index contributed by atoms with van der Waals surface area (Å²) in [5.41, 5.74) is 0.430. The van der Waals surface area contributed by atoms with Crippen LogP contribution in [0.3, 0.4) is 0 Å². The van der Waals surface area contributed by atoms with Crippen molar-refractivity contribution in [2.75, 3.05) is 6.54 Å². The largest absolute Gasteiger partial charge is 0.313 e. The minimum absolute atomic E-state index is 0.104. The standard InChI is InChI=1S/C16H18BrF2NS/c1-2-6-20-13(9-14-8-12(17)10-21-14)7-11-4-3-5-15(18)16(11)19/h3-5,8,10,13,20H,2,6-7,9H2,1H3. The Morgan fingerprint density at radius 3 is 2.76 bits per heavy atom. The van der Waals surface area contributed by atoms with Crippen LogP contribution in [0.15, 0.2) is 34.1 Å². The SMILES string of the molecule is CCCNC(Cc1cc(Br)cs1)Cc1cccc(F)c1F. The van der Waals surface area contributed by atoms with Gasteiger partial charge in [0.1, 0.15) is 0 Å². The van der Waals surface area contributed by atoms with Crippen molar-refractivity contribution in [3.63, 3.8) is 0 Å². The van der Waals surface area contributed by atoms with Crippen molar-refractivity contribution in [1.29, 1.82) is 0 Å². The highest BCUT2D eigenvalue weighted by molar-refractivity contribution is 9.10. The van der Waals surface area contributed by atoms with Gasteiger partial charge in [0.2, 0.25) is 0 Å². The van der Waals surface area contributed by atoms with Crippen LogP contribution in [0.2, 0.25) is 0 Å². The lowest BCUT2D eigenvalue weighted by Gasteiger charge is -2.18. The molecule has 21 heavy (non-hydrogen) atoms. The highest BCUT2D eigenvalue weighted by atomic mass is 79.9. The molecule has 0 aliphatic carbocycles. The number of rotatable bonds is 7. The van der Waals surface area contributed by atoms with Crippen molar-refractivity contribution in [2.24, 2.45) is 0 Å². The summed E-state index contributed by atoms with van der Waals surface area (Å²) in [4.78, 5) is 1.23. The van der Waals surface area contributed by atoms with Gasteiger partial charge in [-0.25, -0.2) is 8.78 Å². The van der Waals surface area contributed by atoms with Crippen LogP contribution in [0.4, 0.5) is 8.78 Å². The molecule has 1 heterocycles. The van der Waals surface area contributed by atoms with E-state index in [-0.39, 0.29) is 6.04 Å². The maximum atomic E-state index is 13.8. The number of benzene rings is 1. The first-order valence-electron chi connectivity index (χ1n) is 6.99. The zero-order valence-electron chi connectivity index (χ0n) is 11.8. The summed E-state index contributed by atoms with van der Waals surface area (Å²) in [5.74, 6) is -1.51. The Kier molecular flexibility index (Phi) is 6.33. The highest BCUT2D eigenvalue weighted by Crippen LogP contribution is 2.22. The number of hydrogen-bond donors (Lipinski definition) is 1. The average Bonchev–Trinajstić information content (AvgIpc) is 2.86. The highest BCUT2D eigenvalue weighted by Gasteiger charge is 2.15. The Bertz CT molecular complexity index is 585. The average molecular weight is 374 g/mol. The van der Waals surface area contributed by atoms with Crippen molar-refractivity contribution < 1.29 is 8.78 Å². The van der Waals surface area contributed by atoms with Crippen molar-refractivity contribution in [1.82, 2.24) is 5.32 Å². The van der Waals surface area contributed by atoms with E-state index in [1.54, 1.807) is 23.5 Å². The molecule has 0 amide bonds. The van der Waals surface area contributed by atoms with Gasteiger partial charge in [-0.2, -0.15) is 0 Å². The molecule has 0 bridgehead atoms. The van der Waals surface area contributed by atoms with Gasteiger partial charge in [-0.1, -0.05) is 19.1 Å². The van der Waals surface area contributed by atoms with Crippen molar-refractivity contribution in [2.45, 2.75) is 32.2 Å². The van der Waals surface area contributed by atoms with E-state index in [1.165, 1.54) is 4.88 Å². The predicted molar refractivity (Wildman–Crippen MR) is 87.9 cm³/mol. The molecule has 0 aliphatic heterocycles. The van der Waals surface area contributed by atoms with Gasteiger partial charge in [0, 0.05) is 20.8 Å². The van der Waals surface area contributed by atoms with E-state index < -0.39 is 11.6 Å². The fourth-order valence-electron chi connectivity index (χ4n) is 2.24. The van der Waals surface area contributed by atoms with Gasteiger partial charge in [0.15, 0.2) is 11.6 Å². The summed E-state index contributed by atoms with van der Waals surface area (Å²) in [5, 5.41) is 5.46. The summed E-state index contributed by atoms with van der Waals surface area (Å²) in [7, 11) is 0. The summed E-state index contributed by atoms with van der Waals surface area (Å²) in [6.07, 6.45) is 2.31. The van der Waals surface area contributed by atoms with E-state index in [4.69, 9.17) is 0 Å². The smallest absolute Gasteiger partial charge is 0.162 e. The third-order valence-electron chi connectivity index (χ3n) is 3.25. The molecule has 0 fully saturated rings. The Hall–Kier alpha value is -0.780. The van der Waals surface area contributed by atoms with Crippen LogP contribution in [0.5, 0.6) is 0 Å². The third kappa shape index (κ3) is 4.87. The summed E-state index contributed by atoms with van der Waals surface area (Å²) >= 11 is 5.12. The minimum Gasteiger partial charge on any atom is -0.313 e. The topological polar surface area (TPSA) is 12.0 Å². The van der Waals surface area contributed by atoms with E-state index in [0.29, 0.717) is 12.0 Å². The molecule has 0 aliphatic rings. The lowest BCUT2D eigenvalue weighted by atomic mass is 10.0. The Morgan fingerprint density at radius 1 is 1.29 bits per heavy atom. The number of nitrogens with one attached hydrogen (secondary N) is 1. The second kappa shape index (κ2) is 8.01. The molecule has 2 rings (SSSR count). The zero-order chi connectivity index (χ0) is 15.2. The van der Waals surface area contributed by atoms with Crippen LogP contribution in [-0.2, 0) is 12.8 Å². The van der Waals surface area contributed by atoms with Gasteiger partial charge in [-0.3, -0.25) is 0 Å². The van der Waals surface area contributed by atoms with E-state index >= 15 is 0 Å². The van der Waals surface area contributed by atoms with Crippen LogP contribution in [0.25, 0.3) is 0 Å². The molecular weight excluding hydrogens is 356 g/mol. The number of thiophene rings is 1. The summed E-state index contributed by atoms with van der Waals surface area (Å²) < 4.78 is 28.2. The molecule has 0 saturated carbocycles. The van der Waals surface area contributed by atoms with Crippen LogP contribution >= 0.6 is 27.3 Å². The fraction of sp³-hybridized carbons (Fsp3) is 0.375. The molecule has 5 heteroatoms. The first kappa shape index (κ1) is 16.6. The van der Waals surface area contributed by atoms with E-state index in [0.717, 1.165) is 29.9 Å². The monoisotopic (exact) mass is 373 g/mol. The molecule has 0 saturated heterocycles. The Morgan fingerprint density at radius 2 is 2.10 bits per heavy atom. The van der Waals surface area contributed by atoms with E-state index in [2.05, 4.69) is 34.2 Å². The molecule has 2 aromatic rings. The predicted octanol–water partition coefficient (Wildman–Crippen LogP) is 4.94. The minimum atomic E-state index is -0.777. The second-order valence-corrected chi connectivity index (χ2v) is 6.91. The lowest BCUT2D eigenvalue weighted by molar-refractivity contribution is 0.469. The Labute approximate surface area is 136 Å². The second-order valence-electron chi connectivity index (χ2n) is 5.00. The molecule has 1 aromatic heterocycles. The van der Waals surface area contributed by atoms with Crippen LogP contribution < -0.4 is 5.32 Å². The van der Waals surface area contributed by atoms with Gasteiger partial charge in [0.05, 0.1) is 0 Å². The van der Waals surface area contributed by atoms with Crippen molar-refractivity contribution in [3.8, 4) is 0 Å². The van der Waals surface area contributed by atoms with Crippen LogP contribution in [0, 0.1) is 11.6 Å². The maximum Gasteiger partial charge on any atom is 0.162 e. The molecule has 1 nitrogen and oxygen atoms in total. The first-order valence-corrected chi connectivity index (χ1v) is 8.66. The Balaban J connectivity index is 2.10. The summed E-state index contributed by atoms with van der Waals surface area (Å²) in [6.45, 7) is 2.96. The molecule has 1 aromatic carbocycles. The maximum absolute atomic E-state index is 13.8. The summed E-state index contributed by atoms with van der Waals surface area (Å²) in [6, 6.07) is 6.55. The fourth-order valence-corrected chi connectivity index (χ4v) is 3.77. The first-order chi connectivity index (χ1) is 10.1. The third-order valence-corrected chi connectivity index (χ3v) is 4.97. The van der Waals surface area contributed by atoms with Crippen molar-refractivity contribution >= 4 is 27.3 Å². The van der Waals surface area contributed by atoms with Gasteiger partial charge in [-0.15, -0.1) is 11.3 Å². The number of hydrogen-bond acceptors (Lipinski definition) is 2. The quantitative estimate of drug-likeness (QED) is 0.724. The van der Waals surface area contributed by atoms with E-state index in [1.807, 2.05) is 5.38 Å². The molecule has 1 atom stereocenters. The van der Waals surface area contributed by atoms with Gasteiger partial charge in [-0.05, 0) is 59.4 Å². The molecular formula is C16H18BrF2NS. The van der Waals surface area contributed by atoms with Gasteiger partial charge >= 0.3 is 0 Å². The molecule has 1 N–H and O–H groups in total.